The van der Waals surface area contributed by atoms with Gasteiger partial charge in [-0.3, -0.25) is 0 Å². The summed E-state index contributed by atoms with van der Waals surface area (Å²) in [5.74, 6) is 0.592. The van der Waals surface area contributed by atoms with Gasteiger partial charge in [-0.15, -0.1) is 5.11 Å². The Bertz CT molecular complexity index is 878. The molecule has 3 aromatic carbocycles. The minimum atomic E-state index is -0.0894. The normalized spacial score (nSPS) is 10.8. The molecule has 0 heterocycles. The van der Waals surface area contributed by atoms with Crippen molar-refractivity contribution >= 4 is 22.7 Å². The number of phenolic OH excluding ortho intramolecular Hbond substituents is 2. The first-order valence-electron chi connectivity index (χ1n) is 7.59. The molecule has 0 bridgehead atoms. The van der Waals surface area contributed by atoms with E-state index in [9.17, 15) is 10.2 Å². The molecule has 6 heteroatoms. The van der Waals surface area contributed by atoms with Gasteiger partial charge in [0, 0.05) is 17.8 Å². The summed E-state index contributed by atoms with van der Waals surface area (Å²) in [5.41, 5.74) is 1.95. The number of hydrogen-bond donors (Lipinski definition) is 3. The minimum absolute atomic E-state index is 0.0367. The van der Waals surface area contributed by atoms with Gasteiger partial charge in [-0.2, -0.15) is 5.11 Å². The van der Waals surface area contributed by atoms with Crippen molar-refractivity contribution in [3.8, 4) is 17.2 Å². The van der Waals surface area contributed by atoms with E-state index in [1.807, 2.05) is 30.3 Å². The van der Waals surface area contributed by atoms with Crippen LogP contribution in [0, 0.1) is 0 Å². The third-order valence-corrected chi connectivity index (χ3v) is 3.49. The van der Waals surface area contributed by atoms with Crippen LogP contribution in [0.4, 0.5) is 22.7 Å². The lowest BCUT2D eigenvalue weighted by Crippen LogP contribution is -1.90. The smallest absolute Gasteiger partial charge is 0.145 e. The Morgan fingerprint density at radius 1 is 0.840 bits per heavy atom. The molecule has 0 fully saturated rings. The highest BCUT2D eigenvalue weighted by Gasteiger charge is 2.09. The van der Waals surface area contributed by atoms with Gasteiger partial charge in [0.2, 0.25) is 0 Å². The molecule has 25 heavy (non-hydrogen) atoms. The minimum Gasteiger partial charge on any atom is -0.506 e. The molecule has 0 spiro atoms. The molecule has 0 aliphatic rings. The monoisotopic (exact) mass is 335 g/mol. The number of rotatable bonds is 5. The molecule has 0 aliphatic carbocycles. The molecular formula is C19H17N3O3. The van der Waals surface area contributed by atoms with Crippen LogP contribution in [-0.2, 0) is 0 Å². The van der Waals surface area contributed by atoms with Crippen molar-refractivity contribution in [3.05, 3.63) is 66.7 Å². The zero-order valence-electron chi connectivity index (χ0n) is 13.5. The van der Waals surface area contributed by atoms with Gasteiger partial charge in [-0.25, -0.2) is 0 Å². The van der Waals surface area contributed by atoms with Crippen LogP contribution in [0.1, 0.15) is 0 Å². The predicted molar refractivity (Wildman–Crippen MR) is 96.7 cm³/mol. The zero-order valence-corrected chi connectivity index (χ0v) is 13.5. The molecule has 0 saturated heterocycles. The van der Waals surface area contributed by atoms with Gasteiger partial charge in [-0.1, -0.05) is 18.2 Å². The number of azo groups is 1. The molecule has 0 saturated carbocycles. The molecule has 3 rings (SSSR count). The number of aromatic hydroxyl groups is 2. The third-order valence-electron chi connectivity index (χ3n) is 3.49. The fourth-order valence-electron chi connectivity index (χ4n) is 2.18. The molecule has 126 valence electrons. The van der Waals surface area contributed by atoms with Crippen LogP contribution >= 0.6 is 0 Å². The fourth-order valence-corrected chi connectivity index (χ4v) is 2.18. The van der Waals surface area contributed by atoms with E-state index in [1.165, 1.54) is 12.1 Å². The van der Waals surface area contributed by atoms with Gasteiger partial charge in [-0.05, 0) is 36.4 Å². The molecule has 3 N–H and O–H groups in total. The largest absolute Gasteiger partial charge is 0.506 e. The molecule has 6 nitrogen and oxygen atoms in total. The van der Waals surface area contributed by atoms with E-state index in [0.29, 0.717) is 11.4 Å². The Labute approximate surface area is 145 Å². The summed E-state index contributed by atoms with van der Waals surface area (Å²) in [6.45, 7) is 0. The van der Waals surface area contributed by atoms with Crippen LogP contribution in [0.2, 0.25) is 0 Å². The maximum absolute atomic E-state index is 10.2. The Hall–Kier alpha value is -3.54. The second kappa shape index (κ2) is 7.35. The summed E-state index contributed by atoms with van der Waals surface area (Å²) in [5, 5.41) is 31.3. The first-order chi connectivity index (χ1) is 12.2. The van der Waals surface area contributed by atoms with Crippen LogP contribution in [0.3, 0.4) is 0 Å². The number of para-hydroxylation sites is 1. The second-order valence-corrected chi connectivity index (χ2v) is 5.25. The average molecular weight is 335 g/mol. The summed E-state index contributed by atoms with van der Waals surface area (Å²) in [7, 11) is 1.59. The highest BCUT2D eigenvalue weighted by molar-refractivity contribution is 5.72. The number of nitrogens with one attached hydrogen (secondary N) is 1. The van der Waals surface area contributed by atoms with Gasteiger partial charge in [0.1, 0.15) is 22.9 Å². The van der Waals surface area contributed by atoms with E-state index >= 15 is 0 Å². The molecule has 0 radical (unpaired) electrons. The Kier molecular flexibility index (Phi) is 4.80. The molecule has 0 amide bonds. The number of phenols is 2. The number of ether oxygens (including phenoxy) is 1. The topological polar surface area (TPSA) is 86.4 Å². The molecule has 0 aliphatic heterocycles. The lowest BCUT2D eigenvalue weighted by Gasteiger charge is -2.10. The van der Waals surface area contributed by atoms with Crippen molar-refractivity contribution in [3.63, 3.8) is 0 Å². The average Bonchev–Trinajstić information content (AvgIpc) is 2.64. The van der Waals surface area contributed by atoms with E-state index in [0.717, 1.165) is 11.4 Å². The van der Waals surface area contributed by atoms with Gasteiger partial charge in [0.25, 0.3) is 0 Å². The van der Waals surface area contributed by atoms with Crippen molar-refractivity contribution in [2.75, 3.05) is 12.4 Å². The van der Waals surface area contributed by atoms with Crippen LogP contribution < -0.4 is 10.1 Å². The van der Waals surface area contributed by atoms with E-state index in [-0.39, 0.29) is 17.2 Å². The lowest BCUT2D eigenvalue weighted by atomic mass is 10.2. The van der Waals surface area contributed by atoms with Crippen molar-refractivity contribution < 1.29 is 14.9 Å². The summed E-state index contributed by atoms with van der Waals surface area (Å²) in [4.78, 5) is 0. The lowest BCUT2D eigenvalue weighted by molar-refractivity contribution is 0.415. The van der Waals surface area contributed by atoms with Crippen LogP contribution in [-0.4, -0.2) is 17.3 Å². The summed E-state index contributed by atoms with van der Waals surface area (Å²) in [6.07, 6.45) is 0. The Morgan fingerprint density at radius 2 is 1.56 bits per heavy atom. The zero-order chi connectivity index (χ0) is 17.6. The third kappa shape index (κ3) is 4.06. The first-order valence-corrected chi connectivity index (χ1v) is 7.59. The van der Waals surface area contributed by atoms with Crippen LogP contribution in [0.5, 0.6) is 17.2 Å². The van der Waals surface area contributed by atoms with Crippen LogP contribution in [0.25, 0.3) is 0 Å². The second-order valence-electron chi connectivity index (χ2n) is 5.25. The maximum atomic E-state index is 10.2. The quantitative estimate of drug-likeness (QED) is 0.337. The summed E-state index contributed by atoms with van der Waals surface area (Å²) < 4.78 is 5.08. The Balaban J connectivity index is 1.80. The van der Waals surface area contributed by atoms with Crippen molar-refractivity contribution in [1.29, 1.82) is 0 Å². The van der Waals surface area contributed by atoms with E-state index in [2.05, 4.69) is 15.5 Å². The number of benzene rings is 3. The molecule has 0 aromatic heterocycles. The highest BCUT2D eigenvalue weighted by atomic mass is 16.5. The number of hydrogen-bond acceptors (Lipinski definition) is 6. The number of methoxy groups -OCH3 is 1. The Morgan fingerprint density at radius 3 is 2.24 bits per heavy atom. The molecule has 0 atom stereocenters. The predicted octanol–water partition coefficient (Wildman–Crippen LogP) is 5.27. The SMILES string of the molecule is COc1ccc(N=Nc2cc(O)c(Nc3ccccc3)cc2O)cc1. The van der Waals surface area contributed by atoms with Gasteiger partial charge in [0.05, 0.1) is 18.5 Å². The van der Waals surface area contributed by atoms with E-state index < -0.39 is 0 Å². The van der Waals surface area contributed by atoms with E-state index in [4.69, 9.17) is 4.74 Å². The first kappa shape index (κ1) is 16.3. The van der Waals surface area contributed by atoms with E-state index in [1.54, 1.807) is 31.4 Å². The van der Waals surface area contributed by atoms with Gasteiger partial charge >= 0.3 is 0 Å². The summed E-state index contributed by atoms with van der Waals surface area (Å²) in [6, 6.07) is 19.1. The van der Waals surface area contributed by atoms with Crippen molar-refractivity contribution in [2.45, 2.75) is 0 Å². The fraction of sp³-hybridized carbons (Fsp3) is 0.0526. The van der Waals surface area contributed by atoms with Crippen molar-refractivity contribution in [2.24, 2.45) is 10.2 Å². The molecular weight excluding hydrogens is 318 g/mol. The highest BCUT2D eigenvalue weighted by Crippen LogP contribution is 2.38. The van der Waals surface area contributed by atoms with Crippen molar-refractivity contribution in [1.82, 2.24) is 0 Å². The van der Waals surface area contributed by atoms with Gasteiger partial charge < -0.3 is 20.3 Å². The molecule has 3 aromatic rings. The number of nitrogens with zero attached hydrogens (tertiary/aromatic N) is 2. The summed E-state index contributed by atoms with van der Waals surface area (Å²) >= 11 is 0. The maximum Gasteiger partial charge on any atom is 0.145 e. The number of anilines is 2. The van der Waals surface area contributed by atoms with Crippen LogP contribution in [0.15, 0.2) is 77.0 Å². The standard InChI is InChI=1S/C19H17N3O3/c1-25-15-9-7-14(8-10-15)21-22-17-12-18(23)16(11-19(17)24)20-13-5-3-2-4-6-13/h2-12,20,23-24H,1H3. The molecule has 0 unspecified atom stereocenters. The van der Waals surface area contributed by atoms with Gasteiger partial charge in [0.15, 0.2) is 0 Å².